The Hall–Kier alpha value is -2.68. The van der Waals surface area contributed by atoms with Crippen LogP contribution in [-0.2, 0) is 0 Å². The molecule has 110 valence electrons. The van der Waals surface area contributed by atoms with E-state index in [-0.39, 0.29) is 11.9 Å². The first kappa shape index (κ1) is 14.3. The summed E-state index contributed by atoms with van der Waals surface area (Å²) in [6, 6.07) is 19.7. The molecule has 0 aliphatic heterocycles. The highest BCUT2D eigenvalue weighted by Crippen LogP contribution is 2.24. The van der Waals surface area contributed by atoms with Gasteiger partial charge in [-0.15, -0.1) is 0 Å². The van der Waals surface area contributed by atoms with Crippen LogP contribution in [0.25, 0.3) is 10.8 Å². The van der Waals surface area contributed by atoms with Gasteiger partial charge in [0.1, 0.15) is 5.69 Å². The predicted octanol–water partition coefficient (Wildman–Crippen LogP) is 4.03. The van der Waals surface area contributed by atoms with Crippen LogP contribution in [-0.4, -0.2) is 10.9 Å². The van der Waals surface area contributed by atoms with Gasteiger partial charge in [-0.2, -0.15) is 0 Å². The lowest BCUT2D eigenvalue weighted by Crippen LogP contribution is -2.27. The Morgan fingerprint density at radius 3 is 2.55 bits per heavy atom. The Morgan fingerprint density at radius 2 is 1.73 bits per heavy atom. The zero-order chi connectivity index (χ0) is 15.5. The molecule has 2 aromatic carbocycles. The van der Waals surface area contributed by atoms with Crippen LogP contribution in [0.5, 0.6) is 0 Å². The van der Waals surface area contributed by atoms with Crippen LogP contribution in [0, 0.1) is 6.92 Å². The summed E-state index contributed by atoms with van der Waals surface area (Å²) in [5, 5.41) is 5.37. The summed E-state index contributed by atoms with van der Waals surface area (Å²) in [5.74, 6) is -0.149. The molecule has 1 heterocycles. The van der Waals surface area contributed by atoms with E-state index in [0.717, 1.165) is 16.6 Å². The third kappa shape index (κ3) is 2.84. The first-order valence-corrected chi connectivity index (χ1v) is 7.37. The van der Waals surface area contributed by atoms with Crippen molar-refractivity contribution in [1.82, 2.24) is 10.3 Å². The Bertz CT molecular complexity index is 821. The van der Waals surface area contributed by atoms with Gasteiger partial charge in [-0.3, -0.25) is 4.79 Å². The number of carbonyl (C=O) groups excluding carboxylic acids is 1. The number of hydrogen-bond donors (Lipinski definition) is 1. The molecule has 0 radical (unpaired) electrons. The maximum absolute atomic E-state index is 12.3. The second-order valence-electron chi connectivity index (χ2n) is 5.43. The molecule has 1 aromatic heterocycles. The summed E-state index contributed by atoms with van der Waals surface area (Å²) in [5.41, 5.74) is 2.40. The quantitative estimate of drug-likeness (QED) is 0.791. The molecule has 0 fully saturated rings. The molecule has 0 saturated heterocycles. The van der Waals surface area contributed by atoms with Crippen LogP contribution in [0.1, 0.15) is 34.7 Å². The summed E-state index contributed by atoms with van der Waals surface area (Å²) in [4.78, 5) is 16.6. The van der Waals surface area contributed by atoms with E-state index in [1.54, 1.807) is 6.07 Å². The van der Waals surface area contributed by atoms with Crippen molar-refractivity contribution < 1.29 is 4.79 Å². The van der Waals surface area contributed by atoms with Crippen molar-refractivity contribution in [2.75, 3.05) is 0 Å². The SMILES string of the molecule is Cc1cccc(C(=O)N[C@H](C)c2cccc3ccccc23)n1. The first-order chi connectivity index (χ1) is 10.6. The number of aromatic nitrogens is 1. The number of carbonyl (C=O) groups is 1. The maximum Gasteiger partial charge on any atom is 0.270 e. The minimum absolute atomic E-state index is 0.0825. The van der Waals surface area contributed by atoms with Crippen molar-refractivity contribution >= 4 is 16.7 Å². The molecule has 0 aliphatic rings. The van der Waals surface area contributed by atoms with Crippen molar-refractivity contribution in [3.05, 3.63) is 77.6 Å². The monoisotopic (exact) mass is 290 g/mol. The molecule has 0 bridgehead atoms. The van der Waals surface area contributed by atoms with Gasteiger partial charge in [-0.25, -0.2) is 4.98 Å². The van der Waals surface area contributed by atoms with Crippen LogP contribution in [0.2, 0.25) is 0 Å². The van der Waals surface area contributed by atoms with E-state index >= 15 is 0 Å². The molecular weight excluding hydrogens is 272 g/mol. The number of pyridine rings is 1. The summed E-state index contributed by atoms with van der Waals surface area (Å²) in [7, 11) is 0. The molecule has 0 spiro atoms. The zero-order valence-electron chi connectivity index (χ0n) is 12.7. The lowest BCUT2D eigenvalue weighted by molar-refractivity contribution is 0.0935. The van der Waals surface area contributed by atoms with Crippen molar-refractivity contribution in [1.29, 1.82) is 0 Å². The average Bonchev–Trinajstić information content (AvgIpc) is 2.54. The predicted molar refractivity (Wildman–Crippen MR) is 88.8 cm³/mol. The van der Waals surface area contributed by atoms with Crippen molar-refractivity contribution in [2.45, 2.75) is 19.9 Å². The fourth-order valence-electron chi connectivity index (χ4n) is 2.65. The van der Waals surface area contributed by atoms with Crippen molar-refractivity contribution in [2.24, 2.45) is 0 Å². The third-order valence-electron chi connectivity index (χ3n) is 3.76. The van der Waals surface area contributed by atoms with Gasteiger partial charge in [0.15, 0.2) is 0 Å². The van der Waals surface area contributed by atoms with Gasteiger partial charge in [0.25, 0.3) is 5.91 Å². The van der Waals surface area contributed by atoms with E-state index in [4.69, 9.17) is 0 Å². The average molecular weight is 290 g/mol. The van der Waals surface area contributed by atoms with Crippen molar-refractivity contribution in [3.8, 4) is 0 Å². The van der Waals surface area contributed by atoms with Crippen LogP contribution in [0.15, 0.2) is 60.7 Å². The molecule has 0 aliphatic carbocycles. The van der Waals surface area contributed by atoms with Gasteiger partial charge in [-0.05, 0) is 42.3 Å². The lowest BCUT2D eigenvalue weighted by Gasteiger charge is -2.16. The third-order valence-corrected chi connectivity index (χ3v) is 3.76. The summed E-state index contributed by atoms with van der Waals surface area (Å²) in [6.45, 7) is 3.88. The van der Waals surface area contributed by atoms with E-state index < -0.39 is 0 Å². The van der Waals surface area contributed by atoms with E-state index in [0.29, 0.717) is 5.69 Å². The fourth-order valence-corrected chi connectivity index (χ4v) is 2.65. The lowest BCUT2D eigenvalue weighted by atomic mass is 9.99. The number of aryl methyl sites for hydroxylation is 1. The van der Waals surface area contributed by atoms with Gasteiger partial charge < -0.3 is 5.32 Å². The number of nitrogens with one attached hydrogen (secondary N) is 1. The van der Waals surface area contributed by atoms with Gasteiger partial charge in [0, 0.05) is 5.69 Å². The number of fused-ring (bicyclic) bond motifs is 1. The van der Waals surface area contributed by atoms with Crippen LogP contribution in [0.3, 0.4) is 0 Å². The maximum atomic E-state index is 12.3. The summed E-state index contributed by atoms with van der Waals surface area (Å²) < 4.78 is 0. The van der Waals surface area contributed by atoms with Crippen LogP contribution >= 0.6 is 0 Å². The molecule has 3 nitrogen and oxygen atoms in total. The number of amides is 1. The van der Waals surface area contributed by atoms with E-state index in [1.165, 1.54) is 5.39 Å². The van der Waals surface area contributed by atoms with Crippen molar-refractivity contribution in [3.63, 3.8) is 0 Å². The van der Waals surface area contributed by atoms with E-state index in [1.807, 2.05) is 44.2 Å². The van der Waals surface area contributed by atoms with E-state index in [9.17, 15) is 4.79 Å². The Morgan fingerprint density at radius 1 is 1.00 bits per heavy atom. The molecule has 3 aromatic rings. The first-order valence-electron chi connectivity index (χ1n) is 7.37. The molecule has 1 atom stereocenters. The number of rotatable bonds is 3. The molecule has 3 rings (SSSR count). The molecule has 3 heteroatoms. The standard InChI is InChI=1S/C19H18N2O/c1-13-7-5-12-18(20-13)19(22)21-14(2)16-11-6-9-15-8-3-4-10-17(15)16/h3-12,14H,1-2H3,(H,21,22)/t14-/m1/s1. The van der Waals surface area contributed by atoms with Gasteiger partial charge >= 0.3 is 0 Å². The molecule has 1 amide bonds. The Kier molecular flexibility index (Phi) is 3.88. The highest BCUT2D eigenvalue weighted by molar-refractivity contribution is 5.93. The zero-order valence-corrected chi connectivity index (χ0v) is 12.7. The molecule has 0 unspecified atom stereocenters. The van der Waals surface area contributed by atoms with Gasteiger partial charge in [0.2, 0.25) is 0 Å². The highest BCUT2D eigenvalue weighted by atomic mass is 16.1. The summed E-state index contributed by atoms with van der Waals surface area (Å²) in [6.07, 6.45) is 0. The largest absolute Gasteiger partial charge is 0.344 e. The molecular formula is C19H18N2O. The smallest absolute Gasteiger partial charge is 0.270 e. The van der Waals surface area contributed by atoms with E-state index in [2.05, 4.69) is 34.6 Å². The second-order valence-corrected chi connectivity index (χ2v) is 5.43. The molecule has 0 saturated carbocycles. The molecule has 22 heavy (non-hydrogen) atoms. The number of nitrogens with zero attached hydrogens (tertiary/aromatic N) is 1. The topological polar surface area (TPSA) is 42.0 Å². The second kappa shape index (κ2) is 5.98. The van der Waals surface area contributed by atoms with Crippen LogP contribution in [0.4, 0.5) is 0 Å². The molecule has 1 N–H and O–H groups in total. The van der Waals surface area contributed by atoms with Gasteiger partial charge in [-0.1, -0.05) is 48.5 Å². The normalized spacial score (nSPS) is 12.1. The minimum atomic E-state index is -0.149. The minimum Gasteiger partial charge on any atom is -0.344 e. The number of hydrogen-bond acceptors (Lipinski definition) is 2. The fraction of sp³-hybridized carbons (Fsp3) is 0.158. The summed E-state index contributed by atoms with van der Waals surface area (Å²) >= 11 is 0. The number of benzene rings is 2. The Labute approximate surface area is 130 Å². The van der Waals surface area contributed by atoms with Crippen LogP contribution < -0.4 is 5.32 Å². The highest BCUT2D eigenvalue weighted by Gasteiger charge is 2.14. The Balaban J connectivity index is 1.87. The van der Waals surface area contributed by atoms with Gasteiger partial charge in [0.05, 0.1) is 6.04 Å².